The molecule has 5 heteroatoms. The molecule has 1 atom stereocenters. The summed E-state index contributed by atoms with van der Waals surface area (Å²) in [6.45, 7) is 8.24. The lowest BCUT2D eigenvalue weighted by atomic mass is 9.59. The van der Waals surface area contributed by atoms with E-state index in [9.17, 15) is 13.6 Å². The average Bonchev–Trinajstić information content (AvgIpc) is 2.51. The fourth-order valence-corrected chi connectivity index (χ4v) is 5.00. The molecule has 2 heterocycles. The lowest BCUT2D eigenvalue weighted by Crippen LogP contribution is -2.60. The highest BCUT2D eigenvalue weighted by Crippen LogP contribution is 2.52. The molecular formula is C19H32F2N2O. The molecule has 3 aliphatic rings. The smallest absolute Gasteiger partial charge is 0.263 e. The van der Waals surface area contributed by atoms with Gasteiger partial charge in [-0.3, -0.25) is 9.69 Å². The minimum Gasteiger partial charge on any atom is -0.342 e. The van der Waals surface area contributed by atoms with Gasteiger partial charge >= 0.3 is 0 Å². The molecule has 0 radical (unpaired) electrons. The van der Waals surface area contributed by atoms with Gasteiger partial charge in [-0.25, -0.2) is 8.78 Å². The fourth-order valence-electron chi connectivity index (χ4n) is 5.00. The number of carbonyl (C=O) groups is 1. The van der Waals surface area contributed by atoms with Crippen molar-refractivity contribution in [2.75, 3.05) is 26.2 Å². The van der Waals surface area contributed by atoms with Gasteiger partial charge < -0.3 is 4.90 Å². The van der Waals surface area contributed by atoms with Crippen molar-refractivity contribution in [3.63, 3.8) is 0 Å². The quantitative estimate of drug-likeness (QED) is 0.779. The van der Waals surface area contributed by atoms with Crippen LogP contribution in [-0.4, -0.2) is 53.9 Å². The van der Waals surface area contributed by atoms with Crippen LogP contribution in [-0.2, 0) is 4.79 Å². The van der Waals surface area contributed by atoms with Gasteiger partial charge in [0.1, 0.15) is 0 Å². The molecule has 0 aromatic heterocycles. The average molecular weight is 342 g/mol. The second kappa shape index (κ2) is 6.54. The van der Waals surface area contributed by atoms with Gasteiger partial charge in [-0.05, 0) is 50.5 Å². The van der Waals surface area contributed by atoms with Crippen molar-refractivity contribution >= 4 is 5.91 Å². The van der Waals surface area contributed by atoms with E-state index in [4.69, 9.17) is 0 Å². The van der Waals surface area contributed by atoms with Crippen molar-refractivity contribution in [3.05, 3.63) is 0 Å². The van der Waals surface area contributed by atoms with Crippen molar-refractivity contribution in [2.24, 2.45) is 17.3 Å². The predicted octanol–water partition coefficient (Wildman–Crippen LogP) is 3.78. The number of likely N-dealkylation sites (tertiary alicyclic amines) is 2. The molecule has 3 nitrogen and oxygen atoms in total. The monoisotopic (exact) mass is 342 g/mol. The van der Waals surface area contributed by atoms with Gasteiger partial charge in [-0.2, -0.15) is 0 Å². The predicted molar refractivity (Wildman–Crippen MR) is 91.0 cm³/mol. The molecule has 2 saturated heterocycles. The van der Waals surface area contributed by atoms with E-state index in [1.807, 2.05) is 30.6 Å². The topological polar surface area (TPSA) is 23.6 Å². The first kappa shape index (κ1) is 18.1. The number of hydrogen-bond acceptors (Lipinski definition) is 2. The van der Waals surface area contributed by atoms with Crippen molar-refractivity contribution in [3.8, 4) is 0 Å². The molecule has 138 valence electrons. The summed E-state index contributed by atoms with van der Waals surface area (Å²) in [6.07, 6.45) is 5.39. The highest BCUT2D eigenvalue weighted by Gasteiger charge is 2.52. The molecule has 0 aromatic rings. The highest BCUT2D eigenvalue weighted by molar-refractivity contribution is 5.78. The maximum Gasteiger partial charge on any atom is 0.263 e. The molecule has 1 aliphatic carbocycles. The Morgan fingerprint density at radius 3 is 2.29 bits per heavy atom. The van der Waals surface area contributed by atoms with Crippen LogP contribution < -0.4 is 0 Å². The molecule has 24 heavy (non-hydrogen) atoms. The number of nitrogens with zero attached hydrogens (tertiary/aromatic N) is 2. The van der Waals surface area contributed by atoms with Crippen molar-refractivity contribution < 1.29 is 13.6 Å². The third kappa shape index (κ3) is 3.33. The van der Waals surface area contributed by atoms with Crippen LogP contribution in [0, 0.1) is 17.3 Å². The normalized spacial score (nSPS) is 30.6. The van der Waals surface area contributed by atoms with E-state index in [0.29, 0.717) is 24.3 Å². The Hall–Kier alpha value is -0.710. The summed E-state index contributed by atoms with van der Waals surface area (Å²) in [5.41, 5.74) is 0.315. The number of halogens is 2. The van der Waals surface area contributed by atoms with Crippen LogP contribution in [0.1, 0.15) is 59.3 Å². The first-order valence-electron chi connectivity index (χ1n) is 9.67. The summed E-state index contributed by atoms with van der Waals surface area (Å²) in [7, 11) is 0. The maximum atomic E-state index is 14.2. The van der Waals surface area contributed by atoms with Crippen LogP contribution in [0.15, 0.2) is 0 Å². The zero-order valence-corrected chi connectivity index (χ0v) is 15.4. The second-order valence-electron chi connectivity index (χ2n) is 8.67. The van der Waals surface area contributed by atoms with Gasteiger partial charge in [0.05, 0.1) is 6.54 Å². The van der Waals surface area contributed by atoms with Gasteiger partial charge in [0.15, 0.2) is 0 Å². The van der Waals surface area contributed by atoms with Crippen LogP contribution in [0.3, 0.4) is 0 Å². The largest absolute Gasteiger partial charge is 0.342 e. The van der Waals surface area contributed by atoms with Gasteiger partial charge in [0, 0.05) is 31.0 Å². The van der Waals surface area contributed by atoms with E-state index in [0.717, 1.165) is 45.3 Å². The first-order valence-corrected chi connectivity index (χ1v) is 9.67. The summed E-state index contributed by atoms with van der Waals surface area (Å²) >= 11 is 0. The molecule has 1 unspecified atom stereocenters. The summed E-state index contributed by atoms with van der Waals surface area (Å²) in [5.74, 6) is -2.65. The van der Waals surface area contributed by atoms with Crippen LogP contribution in [0.2, 0.25) is 0 Å². The van der Waals surface area contributed by atoms with Gasteiger partial charge in [-0.15, -0.1) is 0 Å². The highest BCUT2D eigenvalue weighted by atomic mass is 19.3. The molecule has 3 fully saturated rings. The first-order chi connectivity index (χ1) is 11.3. The van der Waals surface area contributed by atoms with E-state index in [1.54, 1.807) is 0 Å². The number of piperidine rings is 2. The Balaban J connectivity index is 1.49. The molecule has 3 rings (SSSR count). The minimum absolute atomic E-state index is 0.0514. The fraction of sp³-hybridized carbons (Fsp3) is 0.947. The van der Waals surface area contributed by atoms with Crippen molar-refractivity contribution in [2.45, 2.75) is 71.3 Å². The van der Waals surface area contributed by atoms with Gasteiger partial charge in [0.25, 0.3) is 5.92 Å². The van der Waals surface area contributed by atoms with Crippen LogP contribution in [0.5, 0.6) is 0 Å². The molecule has 0 bridgehead atoms. The molecule has 0 N–H and O–H groups in total. The number of hydrogen-bond donors (Lipinski definition) is 0. The van der Waals surface area contributed by atoms with E-state index in [-0.39, 0.29) is 18.4 Å². The third-order valence-corrected chi connectivity index (χ3v) is 6.75. The van der Waals surface area contributed by atoms with Gasteiger partial charge in [0.2, 0.25) is 5.91 Å². The Kier molecular flexibility index (Phi) is 4.93. The standard InChI is InChI=1S/C19H32F2N2O/c1-4-15-5-8-23(13-19(15,20)21)16-11-18(12-16)6-9-22(10-7-18)17(24)14(2)3/h14-16H,4-13H2,1-3H3. The Morgan fingerprint density at radius 1 is 1.17 bits per heavy atom. The van der Waals surface area contributed by atoms with Gasteiger partial charge in [-0.1, -0.05) is 20.8 Å². The molecular weight excluding hydrogens is 310 g/mol. The van der Waals surface area contributed by atoms with E-state index >= 15 is 0 Å². The summed E-state index contributed by atoms with van der Waals surface area (Å²) in [5, 5.41) is 0. The number of amides is 1. The Bertz CT molecular complexity index is 464. The van der Waals surface area contributed by atoms with Crippen LogP contribution in [0.25, 0.3) is 0 Å². The second-order valence-corrected chi connectivity index (χ2v) is 8.67. The summed E-state index contributed by atoms with van der Waals surface area (Å²) in [6, 6.07) is 0.334. The number of carbonyl (C=O) groups excluding carboxylic acids is 1. The minimum atomic E-state index is -2.52. The Labute approximate surface area is 144 Å². The zero-order valence-electron chi connectivity index (χ0n) is 15.4. The molecule has 1 saturated carbocycles. The van der Waals surface area contributed by atoms with E-state index in [1.165, 1.54) is 0 Å². The molecule has 1 spiro atoms. The molecule has 0 aromatic carbocycles. The van der Waals surface area contributed by atoms with Crippen molar-refractivity contribution in [1.82, 2.24) is 9.80 Å². The zero-order chi connectivity index (χ0) is 17.5. The van der Waals surface area contributed by atoms with Crippen molar-refractivity contribution in [1.29, 1.82) is 0 Å². The Morgan fingerprint density at radius 2 is 1.79 bits per heavy atom. The third-order valence-electron chi connectivity index (χ3n) is 6.75. The lowest BCUT2D eigenvalue weighted by Gasteiger charge is -2.57. The molecule has 1 amide bonds. The summed E-state index contributed by atoms with van der Waals surface area (Å²) in [4.78, 5) is 16.1. The van der Waals surface area contributed by atoms with Crippen LogP contribution >= 0.6 is 0 Å². The number of rotatable bonds is 3. The van der Waals surface area contributed by atoms with E-state index in [2.05, 4.69) is 0 Å². The SMILES string of the molecule is CCC1CCN(C2CC3(CCN(C(=O)C(C)C)CC3)C2)CC1(F)F. The van der Waals surface area contributed by atoms with Crippen LogP contribution in [0.4, 0.5) is 8.78 Å². The van der Waals surface area contributed by atoms with E-state index < -0.39 is 11.8 Å². The lowest BCUT2D eigenvalue weighted by molar-refractivity contribution is -0.150. The molecule has 2 aliphatic heterocycles. The number of alkyl halides is 2. The summed E-state index contributed by atoms with van der Waals surface area (Å²) < 4.78 is 28.4. The maximum absolute atomic E-state index is 14.2.